The number of carboxylic acid groups (broad SMARTS) is 2. The summed E-state index contributed by atoms with van der Waals surface area (Å²) >= 11 is 0. The van der Waals surface area contributed by atoms with Gasteiger partial charge < -0.3 is 10.2 Å². The van der Waals surface area contributed by atoms with E-state index in [1.54, 1.807) is 0 Å². The number of carbonyl (C=O) groups is 2. The number of rotatable bonds is 2. The van der Waals surface area contributed by atoms with Crippen molar-refractivity contribution in [2.45, 2.75) is 0 Å². The van der Waals surface area contributed by atoms with Crippen LogP contribution in [0.1, 0.15) is 0 Å². The van der Waals surface area contributed by atoms with Gasteiger partial charge in [-0.15, -0.1) is 26.3 Å². The zero-order chi connectivity index (χ0) is 10.6. The molecular weight excluding hydrogens is 160 g/mol. The van der Waals surface area contributed by atoms with E-state index < -0.39 is 11.9 Å². The molecule has 0 aromatic carbocycles. The lowest BCUT2D eigenvalue weighted by Crippen LogP contribution is -1.91. The monoisotopic (exact) mass is 172 g/mol. The Balaban J connectivity index is -0.000000175. The molecule has 0 spiro atoms. The molecule has 0 saturated carbocycles. The Hall–Kier alpha value is -1.84. The minimum absolute atomic E-state index is 0.558. The first kappa shape index (κ1) is 16.6. The second kappa shape index (κ2) is 16.1. The molecule has 0 aliphatic heterocycles. The topological polar surface area (TPSA) is 74.6 Å². The zero-order valence-electron chi connectivity index (χ0n) is 6.69. The van der Waals surface area contributed by atoms with Crippen LogP contribution in [0.2, 0.25) is 0 Å². The molecule has 68 valence electrons. The van der Waals surface area contributed by atoms with Gasteiger partial charge in [-0.05, 0) is 0 Å². The lowest BCUT2D eigenvalue weighted by molar-refractivity contribution is -0.134. The molecule has 0 heterocycles. The molecule has 4 heteroatoms. The molecule has 0 rings (SSSR count). The number of hydrogen-bond donors (Lipinski definition) is 2. The van der Waals surface area contributed by atoms with Crippen molar-refractivity contribution in [2.75, 3.05) is 0 Å². The van der Waals surface area contributed by atoms with E-state index in [9.17, 15) is 9.59 Å². The molecule has 0 fully saturated rings. The lowest BCUT2D eigenvalue weighted by Gasteiger charge is -1.74. The average molecular weight is 172 g/mol. The molecule has 4 nitrogen and oxygen atoms in total. The Bertz CT molecular complexity index is 142. The summed E-state index contributed by atoms with van der Waals surface area (Å²) in [4.78, 5) is 19.1. The molecule has 0 unspecified atom stereocenters. The van der Waals surface area contributed by atoms with Gasteiger partial charge in [0.25, 0.3) is 0 Å². The van der Waals surface area contributed by atoms with Gasteiger partial charge in [0.15, 0.2) is 0 Å². The molecule has 0 atom stereocenters. The van der Waals surface area contributed by atoms with Crippen LogP contribution >= 0.6 is 0 Å². The van der Waals surface area contributed by atoms with Crippen molar-refractivity contribution >= 4 is 11.9 Å². The Morgan fingerprint density at radius 2 is 1.00 bits per heavy atom. The van der Waals surface area contributed by atoms with Crippen LogP contribution in [-0.2, 0) is 9.59 Å². The van der Waals surface area contributed by atoms with Crippen molar-refractivity contribution in [1.29, 1.82) is 0 Å². The molecule has 2 N–H and O–H groups in total. The first-order valence-electron chi connectivity index (χ1n) is 2.77. The summed E-state index contributed by atoms with van der Waals surface area (Å²) in [6, 6.07) is 0. The maximum Gasteiger partial charge on any atom is 0.328 e. The van der Waals surface area contributed by atoms with Crippen molar-refractivity contribution in [3.8, 4) is 0 Å². The first-order chi connectivity index (χ1) is 5.63. The van der Waals surface area contributed by atoms with Gasteiger partial charge in [0.05, 0.1) is 0 Å². The van der Waals surface area contributed by atoms with E-state index in [4.69, 9.17) is 10.2 Å². The van der Waals surface area contributed by atoms with Gasteiger partial charge in [-0.1, -0.05) is 0 Å². The minimum Gasteiger partial charge on any atom is -0.478 e. The van der Waals surface area contributed by atoms with Crippen LogP contribution in [0.4, 0.5) is 0 Å². The first-order valence-corrected chi connectivity index (χ1v) is 2.77. The van der Waals surface area contributed by atoms with Gasteiger partial charge in [0.2, 0.25) is 0 Å². The summed E-state index contributed by atoms with van der Waals surface area (Å²) in [5.41, 5.74) is 0. The van der Waals surface area contributed by atoms with Crippen LogP contribution < -0.4 is 0 Å². The summed E-state index contributed by atoms with van der Waals surface area (Å²) < 4.78 is 0. The standard InChI is InChI=1S/C4H4O4.2C2H4/c5-3(6)1-2-4(7)8;2*1-2/h1-2H,(H,5,6)(H,7,8);2*1-2H2/b2-1+;;. The van der Waals surface area contributed by atoms with E-state index in [0.717, 1.165) is 0 Å². The number of aliphatic carboxylic acids is 2. The van der Waals surface area contributed by atoms with Crippen LogP contribution in [-0.4, -0.2) is 22.2 Å². The second-order valence-corrected chi connectivity index (χ2v) is 1.01. The zero-order valence-corrected chi connectivity index (χ0v) is 6.69. The van der Waals surface area contributed by atoms with E-state index >= 15 is 0 Å². The molecule has 0 saturated heterocycles. The van der Waals surface area contributed by atoms with Gasteiger partial charge in [-0.25, -0.2) is 9.59 Å². The predicted octanol–water partition coefficient (Wildman–Crippen LogP) is 1.32. The third-order valence-electron chi connectivity index (χ3n) is 0.368. The fraction of sp³-hybridized carbons (Fsp3) is 0. The van der Waals surface area contributed by atoms with Crippen molar-refractivity contribution in [1.82, 2.24) is 0 Å². The van der Waals surface area contributed by atoms with Crippen LogP contribution in [0.5, 0.6) is 0 Å². The second-order valence-electron chi connectivity index (χ2n) is 1.01. The average Bonchev–Trinajstić information content (AvgIpc) is 2.08. The van der Waals surface area contributed by atoms with Gasteiger partial charge in [-0.2, -0.15) is 0 Å². The Morgan fingerprint density at radius 3 is 1.08 bits per heavy atom. The molecular formula is C8H12O4. The van der Waals surface area contributed by atoms with Gasteiger partial charge >= 0.3 is 11.9 Å². The minimum atomic E-state index is -1.26. The number of hydrogen-bond acceptors (Lipinski definition) is 2. The fourth-order valence-electron chi connectivity index (χ4n) is 0.143. The van der Waals surface area contributed by atoms with Crippen molar-refractivity contribution in [3.05, 3.63) is 38.5 Å². The van der Waals surface area contributed by atoms with Crippen molar-refractivity contribution < 1.29 is 19.8 Å². The van der Waals surface area contributed by atoms with E-state index in [0.29, 0.717) is 12.2 Å². The Kier molecular flexibility index (Phi) is 22.3. The normalized spacial score (nSPS) is 7.00. The molecule has 0 radical (unpaired) electrons. The highest BCUT2D eigenvalue weighted by Gasteiger charge is 1.88. The SMILES string of the molecule is C=C.C=C.O=C(O)/C=C/C(=O)O. The Labute approximate surface area is 71.1 Å². The third kappa shape index (κ3) is 41.9. The molecule has 0 aliphatic rings. The van der Waals surface area contributed by atoms with Gasteiger partial charge in [-0.3, -0.25) is 0 Å². The summed E-state index contributed by atoms with van der Waals surface area (Å²) in [6.45, 7) is 12.0. The lowest BCUT2D eigenvalue weighted by atomic mass is 10.5. The highest BCUT2D eigenvalue weighted by molar-refractivity contribution is 5.89. The van der Waals surface area contributed by atoms with E-state index in [2.05, 4.69) is 26.3 Å². The third-order valence-corrected chi connectivity index (χ3v) is 0.368. The maximum atomic E-state index is 9.55. The highest BCUT2D eigenvalue weighted by Crippen LogP contribution is 1.70. The molecule has 0 aliphatic carbocycles. The van der Waals surface area contributed by atoms with E-state index in [-0.39, 0.29) is 0 Å². The summed E-state index contributed by atoms with van der Waals surface area (Å²) in [6.07, 6.45) is 1.12. The van der Waals surface area contributed by atoms with Crippen LogP contribution in [0.3, 0.4) is 0 Å². The van der Waals surface area contributed by atoms with Crippen molar-refractivity contribution in [2.24, 2.45) is 0 Å². The molecule has 0 bridgehead atoms. The fourth-order valence-corrected chi connectivity index (χ4v) is 0.143. The molecule has 0 amide bonds. The van der Waals surface area contributed by atoms with Gasteiger partial charge in [0, 0.05) is 12.2 Å². The molecule has 0 aromatic rings. The highest BCUT2D eigenvalue weighted by atomic mass is 16.4. The van der Waals surface area contributed by atoms with E-state index in [1.807, 2.05) is 0 Å². The van der Waals surface area contributed by atoms with Crippen LogP contribution in [0.15, 0.2) is 38.5 Å². The predicted molar refractivity (Wildman–Crippen MR) is 46.9 cm³/mol. The van der Waals surface area contributed by atoms with Crippen LogP contribution in [0.25, 0.3) is 0 Å². The van der Waals surface area contributed by atoms with Crippen LogP contribution in [0, 0.1) is 0 Å². The smallest absolute Gasteiger partial charge is 0.328 e. The molecule has 12 heavy (non-hydrogen) atoms. The van der Waals surface area contributed by atoms with E-state index in [1.165, 1.54) is 0 Å². The molecule has 0 aromatic heterocycles. The van der Waals surface area contributed by atoms with Gasteiger partial charge in [0.1, 0.15) is 0 Å². The van der Waals surface area contributed by atoms with Crippen molar-refractivity contribution in [3.63, 3.8) is 0 Å². The number of carboxylic acids is 2. The quantitative estimate of drug-likeness (QED) is 0.486. The largest absolute Gasteiger partial charge is 0.478 e. The summed E-state index contributed by atoms with van der Waals surface area (Å²) in [5.74, 6) is -2.51. The maximum absolute atomic E-state index is 9.55. The Morgan fingerprint density at radius 1 is 0.833 bits per heavy atom. The summed E-state index contributed by atoms with van der Waals surface area (Å²) in [7, 11) is 0. The summed E-state index contributed by atoms with van der Waals surface area (Å²) in [5, 5.41) is 15.6.